The Bertz CT molecular complexity index is 976. The van der Waals surface area contributed by atoms with Crippen LogP contribution < -0.4 is 20.7 Å². The molecule has 8 nitrogen and oxygen atoms in total. The molecule has 1 aromatic heterocycles. The second-order valence-electron chi connectivity index (χ2n) is 5.73. The number of benzene rings is 2. The summed E-state index contributed by atoms with van der Waals surface area (Å²) in [4.78, 5) is 24.2. The number of aromatic nitrogens is 2. The predicted molar refractivity (Wildman–Crippen MR) is 108 cm³/mol. The molecule has 0 saturated heterocycles. The Kier molecular flexibility index (Phi) is 6.69. The van der Waals surface area contributed by atoms with Crippen LogP contribution in [0.25, 0.3) is 0 Å². The molecule has 10 heteroatoms. The number of amides is 3. The van der Waals surface area contributed by atoms with Crippen molar-refractivity contribution in [1.29, 1.82) is 0 Å². The molecular weight excluding hydrogens is 397 g/mol. The molecule has 0 aliphatic rings. The van der Waals surface area contributed by atoms with Crippen molar-refractivity contribution in [1.82, 2.24) is 15.5 Å². The van der Waals surface area contributed by atoms with Gasteiger partial charge in [0.25, 0.3) is 5.91 Å². The number of carbonyl (C=O) groups is 2. The third-order valence-electron chi connectivity index (χ3n) is 3.59. The van der Waals surface area contributed by atoms with Crippen LogP contribution in [0.1, 0.15) is 21.7 Å². The van der Waals surface area contributed by atoms with Gasteiger partial charge < -0.3 is 20.7 Å². The minimum Gasteiger partial charge on any atom is -0.494 e. The fourth-order valence-corrected chi connectivity index (χ4v) is 2.94. The summed E-state index contributed by atoms with van der Waals surface area (Å²) in [5.74, 6) is -0.131. The second kappa shape index (κ2) is 9.60. The smallest absolute Gasteiger partial charge is 0.319 e. The van der Waals surface area contributed by atoms with Crippen molar-refractivity contribution in [2.75, 3.05) is 17.2 Å². The Labute approximate surface area is 170 Å². The van der Waals surface area contributed by atoms with Crippen molar-refractivity contribution in [2.24, 2.45) is 0 Å². The maximum absolute atomic E-state index is 12.9. The topological polar surface area (TPSA) is 105 Å². The monoisotopic (exact) mass is 415 g/mol. The predicted octanol–water partition coefficient (Wildman–Crippen LogP) is 3.65. The molecule has 0 radical (unpaired) electrons. The summed E-state index contributed by atoms with van der Waals surface area (Å²) in [6.07, 6.45) is 0. The van der Waals surface area contributed by atoms with Crippen LogP contribution in [0.4, 0.5) is 20.6 Å². The van der Waals surface area contributed by atoms with Crippen molar-refractivity contribution in [2.45, 2.75) is 13.5 Å². The number of anilines is 2. The summed E-state index contributed by atoms with van der Waals surface area (Å²) < 4.78 is 18.3. The van der Waals surface area contributed by atoms with Gasteiger partial charge in [-0.2, -0.15) is 0 Å². The van der Waals surface area contributed by atoms with E-state index in [9.17, 15) is 14.0 Å². The minimum atomic E-state index is -0.459. The molecule has 0 saturated carbocycles. The van der Waals surface area contributed by atoms with Crippen molar-refractivity contribution >= 4 is 34.6 Å². The van der Waals surface area contributed by atoms with Gasteiger partial charge in [-0.1, -0.05) is 11.3 Å². The highest BCUT2D eigenvalue weighted by Crippen LogP contribution is 2.16. The van der Waals surface area contributed by atoms with Crippen LogP contribution in [0.2, 0.25) is 0 Å². The van der Waals surface area contributed by atoms with Crippen molar-refractivity contribution in [3.05, 3.63) is 64.4 Å². The Morgan fingerprint density at radius 1 is 1.00 bits per heavy atom. The number of ether oxygens (including phenoxy) is 1. The average Bonchev–Trinajstić information content (AvgIpc) is 3.19. The molecule has 0 aliphatic heterocycles. The maximum atomic E-state index is 12.9. The molecule has 0 fully saturated rings. The lowest BCUT2D eigenvalue weighted by Gasteiger charge is -2.07. The van der Waals surface area contributed by atoms with E-state index in [1.54, 1.807) is 24.3 Å². The molecule has 0 atom stereocenters. The molecule has 0 bridgehead atoms. The summed E-state index contributed by atoms with van der Waals surface area (Å²) in [6.45, 7) is 2.58. The maximum Gasteiger partial charge on any atom is 0.319 e. The summed E-state index contributed by atoms with van der Waals surface area (Å²) >= 11 is 1.05. The van der Waals surface area contributed by atoms with Gasteiger partial charge >= 0.3 is 6.03 Å². The van der Waals surface area contributed by atoms with Crippen molar-refractivity contribution < 1.29 is 18.7 Å². The zero-order valence-corrected chi connectivity index (χ0v) is 16.3. The Morgan fingerprint density at radius 2 is 1.66 bits per heavy atom. The van der Waals surface area contributed by atoms with Crippen LogP contribution in [0.3, 0.4) is 0 Å². The van der Waals surface area contributed by atoms with Crippen LogP contribution >= 0.6 is 11.3 Å². The number of halogens is 1. The molecule has 0 spiro atoms. The van der Waals surface area contributed by atoms with Crippen LogP contribution in [-0.4, -0.2) is 28.7 Å². The summed E-state index contributed by atoms with van der Waals surface area (Å²) in [5.41, 5.74) is 1.06. The quantitative estimate of drug-likeness (QED) is 0.546. The van der Waals surface area contributed by atoms with Gasteiger partial charge in [0.1, 0.15) is 16.6 Å². The number of urea groups is 1. The fraction of sp³-hybridized carbons (Fsp3) is 0.158. The van der Waals surface area contributed by atoms with E-state index in [4.69, 9.17) is 4.74 Å². The first-order chi connectivity index (χ1) is 14.0. The van der Waals surface area contributed by atoms with Gasteiger partial charge in [-0.25, -0.2) is 9.18 Å². The normalized spacial score (nSPS) is 10.3. The fourth-order valence-electron chi connectivity index (χ4n) is 2.27. The van der Waals surface area contributed by atoms with Crippen molar-refractivity contribution in [3.8, 4) is 5.75 Å². The van der Waals surface area contributed by atoms with Crippen LogP contribution in [-0.2, 0) is 6.54 Å². The molecule has 150 valence electrons. The number of hydrogen-bond acceptors (Lipinski definition) is 6. The molecule has 1 heterocycles. The first-order valence-electron chi connectivity index (χ1n) is 8.70. The summed E-state index contributed by atoms with van der Waals surface area (Å²) in [7, 11) is 0. The van der Waals surface area contributed by atoms with E-state index in [-0.39, 0.29) is 11.6 Å². The lowest BCUT2D eigenvalue weighted by atomic mass is 10.3. The van der Waals surface area contributed by atoms with E-state index in [1.165, 1.54) is 24.3 Å². The Hall–Kier alpha value is -3.53. The van der Waals surface area contributed by atoms with Gasteiger partial charge in [-0.3, -0.25) is 4.79 Å². The molecule has 3 N–H and O–H groups in total. The summed E-state index contributed by atoms with van der Waals surface area (Å²) in [6, 6.07) is 11.9. The van der Waals surface area contributed by atoms with Crippen LogP contribution in [0.15, 0.2) is 48.5 Å². The lowest BCUT2D eigenvalue weighted by molar-refractivity contribution is 0.102. The van der Waals surface area contributed by atoms with Gasteiger partial charge in [0.05, 0.1) is 13.2 Å². The highest BCUT2D eigenvalue weighted by molar-refractivity contribution is 7.13. The van der Waals surface area contributed by atoms with E-state index in [0.29, 0.717) is 23.0 Å². The molecular formula is C19H18FN5O3S. The standard InChI is InChI=1S/C19H18FN5O3S/c1-2-28-15-9-7-14(8-10-15)23-19(27)21-11-16-24-25-18(29-16)17(26)22-13-5-3-12(20)4-6-13/h3-10H,2,11H2,1H3,(H,22,26)(H2,21,23,27). The van der Waals surface area contributed by atoms with Crippen molar-refractivity contribution in [3.63, 3.8) is 0 Å². The van der Waals surface area contributed by atoms with Gasteiger partial charge in [-0.15, -0.1) is 10.2 Å². The first-order valence-corrected chi connectivity index (χ1v) is 9.52. The number of rotatable bonds is 7. The molecule has 0 unspecified atom stereocenters. The van der Waals surface area contributed by atoms with Gasteiger partial charge in [0.15, 0.2) is 0 Å². The van der Waals surface area contributed by atoms with Crippen LogP contribution in [0.5, 0.6) is 5.75 Å². The van der Waals surface area contributed by atoms with E-state index >= 15 is 0 Å². The summed E-state index contributed by atoms with van der Waals surface area (Å²) in [5, 5.41) is 16.3. The van der Waals surface area contributed by atoms with Gasteiger partial charge in [0, 0.05) is 11.4 Å². The second-order valence-corrected chi connectivity index (χ2v) is 6.79. The third kappa shape index (κ3) is 5.98. The zero-order valence-electron chi connectivity index (χ0n) is 15.4. The Balaban J connectivity index is 1.48. The number of nitrogens with zero attached hydrogens (tertiary/aromatic N) is 2. The third-order valence-corrected chi connectivity index (χ3v) is 4.51. The molecule has 29 heavy (non-hydrogen) atoms. The van der Waals surface area contributed by atoms with Gasteiger partial charge in [0.2, 0.25) is 5.01 Å². The highest BCUT2D eigenvalue weighted by Gasteiger charge is 2.14. The molecule has 3 amide bonds. The average molecular weight is 415 g/mol. The Morgan fingerprint density at radius 3 is 2.34 bits per heavy atom. The van der Waals surface area contributed by atoms with E-state index in [1.807, 2.05) is 6.92 Å². The first kappa shape index (κ1) is 20.2. The molecule has 2 aromatic carbocycles. The van der Waals surface area contributed by atoms with E-state index in [2.05, 4.69) is 26.1 Å². The van der Waals surface area contributed by atoms with Gasteiger partial charge in [-0.05, 0) is 55.5 Å². The van der Waals surface area contributed by atoms with E-state index < -0.39 is 17.8 Å². The minimum absolute atomic E-state index is 0.115. The van der Waals surface area contributed by atoms with E-state index in [0.717, 1.165) is 17.1 Å². The molecule has 0 aliphatic carbocycles. The zero-order chi connectivity index (χ0) is 20.6. The lowest BCUT2D eigenvalue weighted by Crippen LogP contribution is -2.28. The van der Waals surface area contributed by atoms with Crippen LogP contribution in [0, 0.1) is 5.82 Å². The number of nitrogens with one attached hydrogen (secondary N) is 3. The SMILES string of the molecule is CCOc1ccc(NC(=O)NCc2nnc(C(=O)Nc3ccc(F)cc3)s2)cc1. The molecule has 3 rings (SSSR count). The number of carbonyl (C=O) groups excluding carboxylic acids is 2. The molecule has 3 aromatic rings. The highest BCUT2D eigenvalue weighted by atomic mass is 32.1. The number of hydrogen-bond donors (Lipinski definition) is 3. The largest absolute Gasteiger partial charge is 0.494 e.